The van der Waals surface area contributed by atoms with Crippen molar-refractivity contribution in [2.75, 3.05) is 0 Å². The first-order valence-corrected chi connectivity index (χ1v) is 10.0. The average Bonchev–Trinajstić information content (AvgIpc) is 2.71. The van der Waals surface area contributed by atoms with E-state index in [1.54, 1.807) is 0 Å². The molecule has 0 bridgehead atoms. The first kappa shape index (κ1) is 16.1. The van der Waals surface area contributed by atoms with Gasteiger partial charge in [-0.25, -0.2) is 0 Å². The van der Waals surface area contributed by atoms with Crippen LogP contribution in [0.5, 0.6) is 0 Å². The maximum absolute atomic E-state index is 2.42. The number of rotatable bonds is 4. The fourth-order valence-electron chi connectivity index (χ4n) is 3.61. The van der Waals surface area contributed by atoms with Gasteiger partial charge in [0.15, 0.2) is 0 Å². The summed E-state index contributed by atoms with van der Waals surface area (Å²) in [6.07, 6.45) is 10.2. The Labute approximate surface area is 151 Å². The molecule has 1 aliphatic rings. The molecule has 0 N–H and O–H groups in total. The highest BCUT2D eigenvalue weighted by Gasteiger charge is 2.39. The molecule has 0 fully saturated rings. The summed E-state index contributed by atoms with van der Waals surface area (Å²) in [5.41, 5.74) is 1.40. The fourth-order valence-corrected chi connectivity index (χ4v) is 6.70. The molecule has 1 atom stereocenters. The van der Waals surface area contributed by atoms with Crippen molar-refractivity contribution in [3.63, 3.8) is 0 Å². The van der Waals surface area contributed by atoms with E-state index in [1.807, 2.05) is 0 Å². The first-order valence-electron chi connectivity index (χ1n) is 8.70. The molecule has 0 spiro atoms. The van der Waals surface area contributed by atoms with Crippen molar-refractivity contribution in [2.24, 2.45) is 0 Å². The molecule has 0 radical (unpaired) electrons. The molecule has 0 heterocycles. The van der Waals surface area contributed by atoms with Crippen LogP contribution in [0.15, 0.2) is 115 Å². The van der Waals surface area contributed by atoms with Gasteiger partial charge in [0.2, 0.25) is 0 Å². The van der Waals surface area contributed by atoms with Crippen molar-refractivity contribution in [3.05, 3.63) is 121 Å². The lowest BCUT2D eigenvalue weighted by Crippen LogP contribution is -2.31. The largest absolute Gasteiger partial charge is 0.0830 e. The minimum absolute atomic E-state index is 0.00590. The molecule has 1 heteroatoms. The summed E-state index contributed by atoms with van der Waals surface area (Å²) in [7, 11) is -0.568. The Morgan fingerprint density at radius 2 is 1.12 bits per heavy atom. The van der Waals surface area contributed by atoms with Gasteiger partial charge in [0.1, 0.15) is 0 Å². The Hall–Kier alpha value is -2.43. The van der Waals surface area contributed by atoms with E-state index in [4.69, 9.17) is 0 Å². The normalized spacial score (nSPS) is 19.2. The molecule has 0 amide bonds. The third kappa shape index (κ3) is 3.11. The van der Waals surface area contributed by atoms with Crippen molar-refractivity contribution in [3.8, 4) is 0 Å². The Kier molecular flexibility index (Phi) is 4.63. The number of hydrogen-bond acceptors (Lipinski definition) is 0. The standard InChI is InChI=1S/C24H21P/c1-5-13-21(14-6-1)24(19-11-4-12-20-24)25(22-15-7-2-8-16-22)23-17-9-3-10-18-23/h1-19H,20H2. The highest BCUT2D eigenvalue weighted by molar-refractivity contribution is 7.74. The Morgan fingerprint density at radius 1 is 0.600 bits per heavy atom. The summed E-state index contributed by atoms with van der Waals surface area (Å²) in [6.45, 7) is 0. The van der Waals surface area contributed by atoms with Crippen molar-refractivity contribution >= 4 is 18.5 Å². The minimum atomic E-state index is -0.568. The molecule has 3 aromatic carbocycles. The lowest BCUT2D eigenvalue weighted by atomic mass is 9.91. The molecule has 0 aliphatic heterocycles. The van der Waals surface area contributed by atoms with Gasteiger partial charge < -0.3 is 0 Å². The van der Waals surface area contributed by atoms with E-state index in [1.165, 1.54) is 16.2 Å². The molecule has 1 aliphatic carbocycles. The van der Waals surface area contributed by atoms with Crippen LogP contribution in [0.1, 0.15) is 12.0 Å². The summed E-state index contributed by atoms with van der Waals surface area (Å²) < 4.78 is 0. The van der Waals surface area contributed by atoms with E-state index < -0.39 is 7.92 Å². The molecule has 4 rings (SSSR count). The quantitative estimate of drug-likeness (QED) is 0.548. The molecule has 0 saturated carbocycles. The summed E-state index contributed by atoms with van der Waals surface area (Å²) in [5.74, 6) is 0. The summed E-state index contributed by atoms with van der Waals surface area (Å²) in [5, 5.41) is 2.84. The van der Waals surface area contributed by atoms with Crippen LogP contribution in [0.2, 0.25) is 0 Å². The van der Waals surface area contributed by atoms with Gasteiger partial charge in [0.25, 0.3) is 0 Å². The number of benzene rings is 3. The van der Waals surface area contributed by atoms with Crippen LogP contribution in [0.4, 0.5) is 0 Å². The van der Waals surface area contributed by atoms with E-state index in [-0.39, 0.29) is 5.16 Å². The number of allylic oxidation sites excluding steroid dienone is 4. The Balaban J connectivity index is 1.95. The predicted molar refractivity (Wildman–Crippen MR) is 110 cm³/mol. The van der Waals surface area contributed by atoms with Crippen molar-refractivity contribution in [1.29, 1.82) is 0 Å². The number of hydrogen-bond donors (Lipinski definition) is 0. The zero-order valence-corrected chi connectivity index (χ0v) is 15.0. The van der Waals surface area contributed by atoms with Gasteiger partial charge >= 0.3 is 0 Å². The second-order valence-electron chi connectivity index (χ2n) is 6.29. The smallest absolute Gasteiger partial charge is 0.0451 e. The monoisotopic (exact) mass is 340 g/mol. The Bertz CT molecular complexity index is 826. The summed E-state index contributed by atoms with van der Waals surface area (Å²) in [6, 6.07) is 33.0. The molecular weight excluding hydrogens is 319 g/mol. The lowest BCUT2D eigenvalue weighted by molar-refractivity contribution is 0.769. The molecule has 0 saturated heterocycles. The Morgan fingerprint density at radius 3 is 1.60 bits per heavy atom. The summed E-state index contributed by atoms with van der Waals surface area (Å²) in [4.78, 5) is 0. The summed E-state index contributed by atoms with van der Waals surface area (Å²) >= 11 is 0. The molecule has 3 aromatic rings. The topological polar surface area (TPSA) is 0 Å². The van der Waals surface area contributed by atoms with E-state index in [0.29, 0.717) is 0 Å². The van der Waals surface area contributed by atoms with Gasteiger partial charge in [0, 0.05) is 5.16 Å². The average molecular weight is 340 g/mol. The minimum Gasteiger partial charge on any atom is -0.0830 e. The van der Waals surface area contributed by atoms with Crippen LogP contribution < -0.4 is 10.6 Å². The van der Waals surface area contributed by atoms with Gasteiger partial charge in [-0.2, -0.15) is 0 Å². The highest BCUT2D eigenvalue weighted by Crippen LogP contribution is 2.58. The van der Waals surface area contributed by atoms with Crippen LogP contribution in [0.3, 0.4) is 0 Å². The molecule has 1 unspecified atom stereocenters. The van der Waals surface area contributed by atoms with Crippen molar-refractivity contribution in [1.82, 2.24) is 0 Å². The molecule has 0 aromatic heterocycles. The molecule has 122 valence electrons. The fraction of sp³-hybridized carbons (Fsp3) is 0.0833. The van der Waals surface area contributed by atoms with E-state index in [9.17, 15) is 0 Å². The maximum Gasteiger partial charge on any atom is 0.0451 e. The third-order valence-corrected chi connectivity index (χ3v) is 7.77. The highest BCUT2D eigenvalue weighted by atomic mass is 31.1. The second-order valence-corrected chi connectivity index (χ2v) is 8.79. The zero-order chi connectivity index (χ0) is 17.0. The van der Waals surface area contributed by atoms with E-state index in [0.717, 1.165) is 6.42 Å². The molecular formula is C24H21P. The van der Waals surface area contributed by atoms with E-state index >= 15 is 0 Å². The van der Waals surface area contributed by atoms with Crippen molar-refractivity contribution < 1.29 is 0 Å². The van der Waals surface area contributed by atoms with Crippen LogP contribution in [-0.4, -0.2) is 0 Å². The lowest BCUT2D eigenvalue weighted by Gasteiger charge is -2.40. The molecule has 0 nitrogen and oxygen atoms in total. The van der Waals surface area contributed by atoms with Gasteiger partial charge in [-0.05, 0) is 30.5 Å². The van der Waals surface area contributed by atoms with Crippen LogP contribution >= 0.6 is 7.92 Å². The predicted octanol–water partition coefficient (Wildman–Crippen LogP) is 5.53. The third-order valence-electron chi connectivity index (χ3n) is 4.75. The van der Waals surface area contributed by atoms with Crippen molar-refractivity contribution in [2.45, 2.75) is 11.6 Å². The van der Waals surface area contributed by atoms with Crippen LogP contribution in [0.25, 0.3) is 0 Å². The van der Waals surface area contributed by atoms with Crippen LogP contribution in [0, 0.1) is 0 Å². The van der Waals surface area contributed by atoms with Gasteiger partial charge in [0.05, 0.1) is 0 Å². The van der Waals surface area contributed by atoms with Gasteiger partial charge in [-0.1, -0.05) is 115 Å². The first-order chi connectivity index (χ1) is 12.4. The maximum atomic E-state index is 2.42. The van der Waals surface area contributed by atoms with Crippen LogP contribution in [-0.2, 0) is 5.16 Å². The SMILES string of the molecule is C1=CCC(c2ccccc2)(P(c2ccccc2)c2ccccc2)C=C1. The van der Waals surface area contributed by atoms with Gasteiger partial charge in [-0.3, -0.25) is 0 Å². The second kappa shape index (κ2) is 7.21. The van der Waals surface area contributed by atoms with Gasteiger partial charge in [-0.15, -0.1) is 0 Å². The zero-order valence-electron chi connectivity index (χ0n) is 14.1. The molecule has 25 heavy (non-hydrogen) atoms. The van der Waals surface area contributed by atoms with E-state index in [2.05, 4.69) is 115 Å².